The first kappa shape index (κ1) is 14.8. The fourth-order valence-corrected chi connectivity index (χ4v) is 2.96. The fraction of sp³-hybridized carbons (Fsp3) is 0.444. The largest absolute Gasteiger partial charge is 0.0987 e. The van der Waals surface area contributed by atoms with Crippen molar-refractivity contribution < 1.29 is 0 Å². The minimum atomic E-state index is 0.528. The molecule has 0 saturated carbocycles. The highest BCUT2D eigenvalue weighted by molar-refractivity contribution is 5.62. The van der Waals surface area contributed by atoms with Crippen molar-refractivity contribution in [2.75, 3.05) is 0 Å². The van der Waals surface area contributed by atoms with Gasteiger partial charge < -0.3 is 0 Å². The topological polar surface area (TPSA) is 0 Å². The van der Waals surface area contributed by atoms with E-state index in [1.54, 1.807) is 0 Å². The van der Waals surface area contributed by atoms with Gasteiger partial charge in [0.25, 0.3) is 0 Å². The summed E-state index contributed by atoms with van der Waals surface area (Å²) in [6.07, 6.45) is 10.9. The molecule has 1 aliphatic rings. The Bertz CT molecular complexity index is 439. The maximum Gasteiger partial charge on any atom is 0.00979 e. The Hall–Kier alpha value is -1.30. The summed E-state index contributed by atoms with van der Waals surface area (Å²) in [7, 11) is 0. The predicted molar refractivity (Wildman–Crippen MR) is 82.6 cm³/mol. The summed E-state index contributed by atoms with van der Waals surface area (Å²) in [4.78, 5) is 0. The van der Waals surface area contributed by atoms with E-state index in [1.165, 1.54) is 27.9 Å². The van der Waals surface area contributed by atoms with Gasteiger partial charge in [-0.15, -0.1) is 0 Å². The highest BCUT2D eigenvalue weighted by atomic mass is 14.3. The molecule has 0 nitrogen and oxygen atoms in total. The molecule has 0 heteroatoms. The third kappa shape index (κ3) is 2.43. The van der Waals surface area contributed by atoms with E-state index < -0.39 is 0 Å². The Balaban J connectivity index is 3.49. The summed E-state index contributed by atoms with van der Waals surface area (Å²) in [5.74, 6) is 0.528. The summed E-state index contributed by atoms with van der Waals surface area (Å²) < 4.78 is 0. The second-order valence-corrected chi connectivity index (χ2v) is 4.75. The second kappa shape index (κ2) is 6.58. The Morgan fingerprint density at radius 2 is 1.94 bits per heavy atom. The van der Waals surface area contributed by atoms with E-state index in [4.69, 9.17) is 0 Å². The minimum absolute atomic E-state index is 0.528. The lowest BCUT2D eigenvalue weighted by molar-refractivity contribution is 0.713. The van der Waals surface area contributed by atoms with Gasteiger partial charge in [0.2, 0.25) is 0 Å². The molecule has 0 N–H and O–H groups in total. The van der Waals surface area contributed by atoms with Crippen molar-refractivity contribution >= 4 is 0 Å². The van der Waals surface area contributed by atoms with Crippen LogP contribution in [0.4, 0.5) is 0 Å². The van der Waals surface area contributed by atoms with Gasteiger partial charge in [0.1, 0.15) is 0 Å². The Morgan fingerprint density at radius 3 is 2.33 bits per heavy atom. The van der Waals surface area contributed by atoms with Gasteiger partial charge in [0.05, 0.1) is 0 Å². The zero-order valence-electron chi connectivity index (χ0n) is 12.5. The van der Waals surface area contributed by atoms with Crippen molar-refractivity contribution in [2.24, 2.45) is 5.92 Å². The second-order valence-electron chi connectivity index (χ2n) is 4.75. The van der Waals surface area contributed by atoms with E-state index in [1.807, 2.05) is 0 Å². The monoisotopic (exact) mass is 242 g/mol. The first-order chi connectivity index (χ1) is 8.65. The van der Waals surface area contributed by atoms with Crippen LogP contribution in [0.15, 0.2) is 58.7 Å². The molecule has 0 bridgehead atoms. The Morgan fingerprint density at radius 1 is 1.28 bits per heavy atom. The lowest BCUT2D eigenvalue weighted by Crippen LogP contribution is -2.03. The lowest BCUT2D eigenvalue weighted by atomic mass is 9.87. The van der Waals surface area contributed by atoms with Crippen molar-refractivity contribution in [1.82, 2.24) is 0 Å². The molecule has 98 valence electrons. The van der Waals surface area contributed by atoms with E-state index in [-0.39, 0.29) is 0 Å². The normalized spacial score (nSPS) is 21.4. The van der Waals surface area contributed by atoms with Gasteiger partial charge in [0, 0.05) is 5.92 Å². The molecule has 0 spiro atoms. The third-order valence-corrected chi connectivity index (χ3v) is 3.86. The molecule has 0 fully saturated rings. The van der Waals surface area contributed by atoms with Crippen LogP contribution >= 0.6 is 0 Å². The highest BCUT2D eigenvalue weighted by Gasteiger charge is 2.29. The molecule has 18 heavy (non-hydrogen) atoms. The molecular weight excluding hydrogens is 216 g/mol. The maximum absolute atomic E-state index is 4.02. The van der Waals surface area contributed by atoms with E-state index >= 15 is 0 Å². The zero-order valence-corrected chi connectivity index (χ0v) is 12.5. The first-order valence-corrected chi connectivity index (χ1v) is 7.02. The first-order valence-electron chi connectivity index (χ1n) is 7.02. The Labute approximate surface area is 112 Å². The fourth-order valence-electron chi connectivity index (χ4n) is 2.96. The quantitative estimate of drug-likeness (QED) is 0.575. The van der Waals surface area contributed by atoms with Crippen LogP contribution in [0.2, 0.25) is 0 Å². The van der Waals surface area contributed by atoms with Crippen LogP contribution in [0, 0.1) is 5.92 Å². The summed E-state index contributed by atoms with van der Waals surface area (Å²) in [6.45, 7) is 15.0. The van der Waals surface area contributed by atoms with Crippen molar-refractivity contribution in [3.05, 3.63) is 58.7 Å². The van der Waals surface area contributed by atoms with Crippen molar-refractivity contribution in [3.8, 4) is 0 Å². The van der Waals surface area contributed by atoms with Crippen molar-refractivity contribution in [3.63, 3.8) is 0 Å². The molecule has 0 radical (unpaired) electrons. The van der Waals surface area contributed by atoms with Crippen molar-refractivity contribution in [2.45, 2.75) is 47.5 Å². The number of allylic oxidation sites excluding steroid dienone is 9. The maximum atomic E-state index is 4.02. The smallest absolute Gasteiger partial charge is 0.00979 e. The highest BCUT2D eigenvalue weighted by Crippen LogP contribution is 2.44. The number of hydrogen-bond acceptors (Lipinski definition) is 0. The SMILES string of the molecule is C=CC1=C(/C=C\C)C(CC)=C(/C(C)=C\C)C1CC. The molecule has 0 aromatic carbocycles. The minimum Gasteiger partial charge on any atom is -0.0987 e. The number of hydrogen-bond donors (Lipinski definition) is 0. The average Bonchev–Trinajstić information content (AvgIpc) is 2.70. The van der Waals surface area contributed by atoms with Crippen LogP contribution in [0.25, 0.3) is 0 Å². The summed E-state index contributed by atoms with van der Waals surface area (Å²) in [6, 6.07) is 0. The van der Waals surface area contributed by atoms with E-state index in [0.717, 1.165) is 12.8 Å². The number of rotatable bonds is 5. The van der Waals surface area contributed by atoms with Crippen LogP contribution in [0.5, 0.6) is 0 Å². The molecule has 1 aliphatic carbocycles. The van der Waals surface area contributed by atoms with Crippen molar-refractivity contribution in [1.29, 1.82) is 0 Å². The molecule has 0 aromatic heterocycles. The van der Waals surface area contributed by atoms with Crippen LogP contribution in [-0.2, 0) is 0 Å². The standard InChI is InChI=1S/C18H26/c1-7-12-17-14(9-3)15(10-4)18(13(6)8-2)16(17)11-5/h7-9,12,15H,3,10-11H2,1-2,4-6H3/b12-7-,13-8-. The molecular formula is C18H26. The molecule has 0 amide bonds. The van der Waals surface area contributed by atoms with Gasteiger partial charge in [-0.05, 0) is 55.9 Å². The summed E-state index contributed by atoms with van der Waals surface area (Å²) in [5, 5.41) is 0. The van der Waals surface area contributed by atoms with Gasteiger partial charge >= 0.3 is 0 Å². The molecule has 1 unspecified atom stereocenters. The predicted octanol–water partition coefficient (Wildman–Crippen LogP) is 5.76. The molecule has 1 atom stereocenters. The van der Waals surface area contributed by atoms with Gasteiger partial charge in [0.15, 0.2) is 0 Å². The third-order valence-electron chi connectivity index (χ3n) is 3.86. The average molecular weight is 242 g/mol. The molecule has 0 heterocycles. The Kier molecular flexibility index (Phi) is 5.40. The zero-order chi connectivity index (χ0) is 13.7. The molecule has 1 rings (SSSR count). The molecule has 0 saturated heterocycles. The summed E-state index contributed by atoms with van der Waals surface area (Å²) >= 11 is 0. The molecule has 0 aromatic rings. The molecule has 0 aliphatic heterocycles. The van der Waals surface area contributed by atoms with Gasteiger partial charge in [-0.3, -0.25) is 0 Å². The summed E-state index contributed by atoms with van der Waals surface area (Å²) in [5.41, 5.74) is 7.26. The van der Waals surface area contributed by atoms with Gasteiger partial charge in [-0.2, -0.15) is 0 Å². The van der Waals surface area contributed by atoms with Crippen LogP contribution in [-0.4, -0.2) is 0 Å². The van der Waals surface area contributed by atoms with Crippen LogP contribution in [0.3, 0.4) is 0 Å². The van der Waals surface area contributed by atoms with Crippen LogP contribution in [0.1, 0.15) is 47.5 Å². The van der Waals surface area contributed by atoms with E-state index in [2.05, 4.69) is 65.5 Å². The van der Waals surface area contributed by atoms with E-state index in [9.17, 15) is 0 Å². The lowest BCUT2D eigenvalue weighted by Gasteiger charge is -2.17. The van der Waals surface area contributed by atoms with Gasteiger partial charge in [-0.1, -0.05) is 50.3 Å². The van der Waals surface area contributed by atoms with Crippen LogP contribution < -0.4 is 0 Å². The van der Waals surface area contributed by atoms with E-state index in [0.29, 0.717) is 5.92 Å². The van der Waals surface area contributed by atoms with Gasteiger partial charge in [-0.25, -0.2) is 0 Å².